The highest BCUT2D eigenvalue weighted by atomic mass is 19.4. The number of imidazole rings is 1. The van der Waals surface area contributed by atoms with E-state index >= 15 is 0 Å². The smallest absolute Gasteiger partial charge is 0.364 e. The first-order valence-corrected chi connectivity index (χ1v) is 11.6. The van der Waals surface area contributed by atoms with Crippen LogP contribution in [0.15, 0.2) is 67.6 Å². The lowest BCUT2D eigenvalue weighted by Crippen LogP contribution is -2.33. The van der Waals surface area contributed by atoms with Crippen LogP contribution in [0.1, 0.15) is 51.1 Å². The standard InChI is InChI=1S/C27H24F3N5O/c1-17-12-34(24-10-31-15-32-11-24)14-21-8-20(3-4-25(17)21)26(36)7-19-5-22(27(28,29)30)9-23(6-19)35-13-18(2)33-16-35/h3-6,8-11,13,15-17H,7,12,14H2,1-2H3. The Labute approximate surface area is 206 Å². The number of fused-ring (bicyclic) bond motifs is 1. The van der Waals surface area contributed by atoms with Gasteiger partial charge in [0.25, 0.3) is 0 Å². The minimum absolute atomic E-state index is 0.144. The molecule has 0 N–H and O–H groups in total. The predicted octanol–water partition coefficient (Wildman–Crippen LogP) is 5.54. The van der Waals surface area contributed by atoms with Crippen molar-refractivity contribution >= 4 is 11.5 Å². The number of hydrogen-bond donors (Lipinski definition) is 0. The highest BCUT2D eigenvalue weighted by Gasteiger charge is 2.32. The normalized spacial score (nSPS) is 15.6. The summed E-state index contributed by atoms with van der Waals surface area (Å²) in [5.41, 5.74) is 4.05. The Bertz CT molecular complexity index is 1410. The lowest BCUT2D eigenvalue weighted by molar-refractivity contribution is -0.137. The summed E-state index contributed by atoms with van der Waals surface area (Å²) in [6.45, 7) is 5.28. The minimum atomic E-state index is -4.53. The second-order valence-corrected chi connectivity index (χ2v) is 9.20. The van der Waals surface area contributed by atoms with Crippen molar-refractivity contribution in [1.29, 1.82) is 0 Å². The van der Waals surface area contributed by atoms with Gasteiger partial charge in [-0.3, -0.25) is 4.79 Å². The number of aromatic nitrogens is 4. The van der Waals surface area contributed by atoms with E-state index in [9.17, 15) is 18.0 Å². The topological polar surface area (TPSA) is 63.9 Å². The zero-order chi connectivity index (χ0) is 25.4. The van der Waals surface area contributed by atoms with E-state index in [4.69, 9.17) is 0 Å². The molecule has 4 aromatic rings. The molecule has 0 amide bonds. The van der Waals surface area contributed by atoms with Gasteiger partial charge in [-0.2, -0.15) is 13.2 Å². The molecule has 2 aromatic carbocycles. The highest BCUT2D eigenvalue weighted by Crippen LogP contribution is 2.33. The van der Waals surface area contributed by atoms with Crippen LogP contribution in [-0.4, -0.2) is 31.8 Å². The Morgan fingerprint density at radius 3 is 2.56 bits per heavy atom. The van der Waals surface area contributed by atoms with E-state index in [1.165, 1.54) is 17.2 Å². The molecule has 0 spiro atoms. The average molecular weight is 492 g/mol. The number of alkyl halides is 3. The molecular formula is C27H24F3N5O. The van der Waals surface area contributed by atoms with Gasteiger partial charge in [-0.1, -0.05) is 19.1 Å². The molecule has 6 nitrogen and oxygen atoms in total. The van der Waals surface area contributed by atoms with Gasteiger partial charge in [-0.15, -0.1) is 0 Å². The van der Waals surface area contributed by atoms with Gasteiger partial charge in [0.1, 0.15) is 6.33 Å². The fourth-order valence-electron chi connectivity index (χ4n) is 4.69. The number of hydrogen-bond acceptors (Lipinski definition) is 5. The van der Waals surface area contributed by atoms with Crippen LogP contribution in [0, 0.1) is 6.92 Å². The molecule has 0 saturated heterocycles. The van der Waals surface area contributed by atoms with Crippen molar-refractivity contribution in [2.24, 2.45) is 0 Å². The number of nitrogens with zero attached hydrogens (tertiary/aromatic N) is 5. The molecule has 0 saturated carbocycles. The molecular weight excluding hydrogens is 467 g/mol. The van der Waals surface area contributed by atoms with E-state index in [2.05, 4.69) is 26.8 Å². The fraction of sp³-hybridized carbons (Fsp3) is 0.259. The summed E-state index contributed by atoms with van der Waals surface area (Å²) < 4.78 is 42.4. The third kappa shape index (κ3) is 4.86. The number of benzene rings is 2. The molecule has 0 aliphatic carbocycles. The Morgan fingerprint density at radius 1 is 1.08 bits per heavy atom. The van der Waals surface area contributed by atoms with Gasteiger partial charge in [-0.05, 0) is 53.8 Å². The number of aryl methyl sites for hydroxylation is 1. The summed E-state index contributed by atoms with van der Waals surface area (Å²) in [5.74, 6) is 0.000442. The van der Waals surface area contributed by atoms with Gasteiger partial charge >= 0.3 is 6.18 Å². The molecule has 1 unspecified atom stereocenters. The van der Waals surface area contributed by atoms with Crippen LogP contribution in [0.25, 0.3) is 5.69 Å². The molecule has 1 aliphatic rings. The Morgan fingerprint density at radius 2 is 1.86 bits per heavy atom. The molecule has 0 radical (unpaired) electrons. The van der Waals surface area contributed by atoms with Crippen LogP contribution in [0.2, 0.25) is 0 Å². The maximum Gasteiger partial charge on any atom is 0.416 e. The molecule has 9 heteroatoms. The van der Waals surface area contributed by atoms with Crippen LogP contribution in [0.5, 0.6) is 0 Å². The molecule has 36 heavy (non-hydrogen) atoms. The van der Waals surface area contributed by atoms with Crippen molar-refractivity contribution in [2.45, 2.75) is 38.9 Å². The average Bonchev–Trinajstić information content (AvgIpc) is 3.30. The number of halogens is 3. The van der Waals surface area contributed by atoms with Crippen LogP contribution >= 0.6 is 0 Å². The van der Waals surface area contributed by atoms with Crippen LogP contribution in [0.4, 0.5) is 18.9 Å². The first kappa shape index (κ1) is 23.7. The van der Waals surface area contributed by atoms with E-state index in [1.807, 2.05) is 12.1 Å². The van der Waals surface area contributed by atoms with E-state index in [0.717, 1.165) is 35.5 Å². The van der Waals surface area contributed by atoms with Crippen LogP contribution in [-0.2, 0) is 19.1 Å². The molecule has 1 aliphatic heterocycles. The Kier molecular flexibility index (Phi) is 6.07. The summed E-state index contributed by atoms with van der Waals surface area (Å²) in [5, 5.41) is 0. The van der Waals surface area contributed by atoms with Gasteiger partial charge in [-0.25, -0.2) is 15.0 Å². The van der Waals surface area contributed by atoms with Crippen molar-refractivity contribution in [3.05, 3.63) is 101 Å². The molecule has 184 valence electrons. The highest BCUT2D eigenvalue weighted by molar-refractivity contribution is 5.98. The third-order valence-electron chi connectivity index (χ3n) is 6.44. The number of Topliss-reactive ketones (excluding diaryl/α,β-unsaturated/α-hetero) is 1. The fourth-order valence-corrected chi connectivity index (χ4v) is 4.69. The Balaban J connectivity index is 1.43. The van der Waals surface area contributed by atoms with Crippen molar-refractivity contribution in [3.63, 3.8) is 0 Å². The zero-order valence-corrected chi connectivity index (χ0v) is 19.8. The largest absolute Gasteiger partial charge is 0.416 e. The summed E-state index contributed by atoms with van der Waals surface area (Å²) in [4.78, 5) is 27.7. The van der Waals surface area contributed by atoms with E-state index in [1.54, 1.807) is 37.6 Å². The molecule has 3 heterocycles. The second kappa shape index (κ2) is 9.22. The van der Waals surface area contributed by atoms with Crippen molar-refractivity contribution in [1.82, 2.24) is 19.5 Å². The summed E-state index contributed by atoms with van der Waals surface area (Å²) in [6, 6.07) is 9.30. The predicted molar refractivity (Wildman–Crippen MR) is 129 cm³/mol. The first-order chi connectivity index (χ1) is 17.2. The van der Waals surface area contributed by atoms with Crippen LogP contribution in [0.3, 0.4) is 0 Å². The molecule has 1 atom stereocenters. The molecule has 2 aromatic heterocycles. The summed E-state index contributed by atoms with van der Waals surface area (Å²) >= 11 is 0. The van der Waals surface area contributed by atoms with Crippen LogP contribution < -0.4 is 4.90 Å². The quantitative estimate of drug-likeness (QED) is 0.343. The molecule has 0 fully saturated rings. The number of carbonyl (C=O) groups excluding carboxylic acids is 1. The molecule has 5 rings (SSSR count). The summed E-state index contributed by atoms with van der Waals surface area (Å²) in [7, 11) is 0. The number of ketones is 1. The van der Waals surface area contributed by atoms with Gasteiger partial charge in [0.15, 0.2) is 5.78 Å². The minimum Gasteiger partial charge on any atom is -0.364 e. The van der Waals surface area contributed by atoms with Gasteiger partial charge in [0.2, 0.25) is 0 Å². The van der Waals surface area contributed by atoms with Crippen molar-refractivity contribution in [3.8, 4) is 5.69 Å². The second-order valence-electron chi connectivity index (χ2n) is 9.20. The van der Waals surface area contributed by atoms with Crippen molar-refractivity contribution in [2.75, 3.05) is 11.4 Å². The lowest BCUT2D eigenvalue weighted by Gasteiger charge is -2.34. The third-order valence-corrected chi connectivity index (χ3v) is 6.44. The van der Waals surface area contributed by atoms with Gasteiger partial charge < -0.3 is 9.47 Å². The number of rotatable bonds is 5. The lowest BCUT2D eigenvalue weighted by atomic mass is 9.88. The maximum absolute atomic E-state index is 13.6. The summed E-state index contributed by atoms with van der Waals surface area (Å²) in [6.07, 6.45) is 3.43. The zero-order valence-electron chi connectivity index (χ0n) is 19.8. The first-order valence-electron chi connectivity index (χ1n) is 11.6. The van der Waals surface area contributed by atoms with Crippen molar-refractivity contribution < 1.29 is 18.0 Å². The maximum atomic E-state index is 13.6. The number of carbonyl (C=O) groups is 1. The SMILES string of the molecule is Cc1cn(-c2cc(CC(=O)c3ccc4c(c3)CN(c3cncnc3)CC4C)cc(C(F)(F)F)c2)cn1. The van der Waals surface area contributed by atoms with Gasteiger partial charge in [0.05, 0.1) is 35.7 Å². The van der Waals surface area contributed by atoms with E-state index in [0.29, 0.717) is 29.1 Å². The van der Waals surface area contributed by atoms with E-state index < -0.39 is 11.7 Å². The Hall–Kier alpha value is -4.01. The molecule has 0 bridgehead atoms. The van der Waals surface area contributed by atoms with Gasteiger partial charge in [0, 0.05) is 37.0 Å². The number of anilines is 1. The monoisotopic (exact) mass is 491 g/mol. The van der Waals surface area contributed by atoms with E-state index in [-0.39, 0.29) is 18.1 Å².